The monoisotopic (exact) mass is 492 g/mol. The van der Waals surface area contributed by atoms with E-state index in [0.717, 1.165) is 12.1 Å². The second kappa shape index (κ2) is 7.87. The number of phenolic OH excluding ortho intramolecular Hbond substituents is 2. The lowest BCUT2D eigenvalue weighted by atomic mass is 9.82. The molecule has 0 amide bonds. The van der Waals surface area contributed by atoms with Crippen LogP contribution in [0.25, 0.3) is 0 Å². The van der Waals surface area contributed by atoms with Gasteiger partial charge in [0.2, 0.25) is 0 Å². The van der Waals surface area contributed by atoms with E-state index in [1.165, 1.54) is 42.5 Å². The first-order valence-corrected chi connectivity index (χ1v) is 10.9. The van der Waals surface area contributed by atoms with Crippen LogP contribution in [0.1, 0.15) is 16.7 Å². The van der Waals surface area contributed by atoms with Crippen LogP contribution in [-0.2, 0) is 14.9 Å². The Morgan fingerprint density at radius 1 is 0.759 bits per heavy atom. The number of hydrogen-bond donors (Lipinski definition) is 3. The van der Waals surface area contributed by atoms with Crippen molar-refractivity contribution in [2.24, 2.45) is 0 Å². The second-order valence-electron chi connectivity index (χ2n) is 6.05. The maximum atomic E-state index is 13.0. The van der Waals surface area contributed by atoms with Crippen LogP contribution in [0.4, 0.5) is 0 Å². The number of aromatic hydroxyl groups is 2. The van der Waals surface area contributed by atoms with Gasteiger partial charge >= 0.3 is 0 Å². The summed E-state index contributed by atoms with van der Waals surface area (Å²) in [6.07, 6.45) is 0. The van der Waals surface area contributed by atoms with Gasteiger partial charge in [-0.1, -0.05) is 64.6 Å². The average Bonchev–Trinajstić information content (AvgIpc) is 2.62. The molecule has 0 heterocycles. The van der Waals surface area contributed by atoms with Gasteiger partial charge in [0.15, 0.2) is 4.75 Å². The van der Waals surface area contributed by atoms with Crippen molar-refractivity contribution < 1.29 is 23.2 Å². The van der Waals surface area contributed by atoms with Gasteiger partial charge in [-0.05, 0) is 42.0 Å². The Balaban J connectivity index is 2.71. The van der Waals surface area contributed by atoms with Crippen molar-refractivity contribution in [1.82, 2.24) is 0 Å². The normalized spacial score (nSPS) is 13.8. The van der Waals surface area contributed by atoms with Gasteiger partial charge in [-0.15, -0.1) is 0 Å². The zero-order valence-electron chi connectivity index (χ0n) is 14.3. The summed E-state index contributed by atoms with van der Waals surface area (Å²) in [5, 5.41) is 20.8. The summed E-state index contributed by atoms with van der Waals surface area (Å²) >= 11 is 24.7. The summed E-state index contributed by atoms with van der Waals surface area (Å²) in [6.45, 7) is 0. The molecule has 0 bridgehead atoms. The van der Waals surface area contributed by atoms with Crippen molar-refractivity contribution in [2.75, 3.05) is 0 Å². The topological polar surface area (TPSA) is 94.8 Å². The van der Waals surface area contributed by atoms with Crippen LogP contribution in [0.5, 0.6) is 11.5 Å². The first kappa shape index (κ1) is 22.0. The number of rotatable bonds is 4. The van der Waals surface area contributed by atoms with Crippen molar-refractivity contribution >= 4 is 56.5 Å². The van der Waals surface area contributed by atoms with Gasteiger partial charge in [0.25, 0.3) is 10.1 Å². The first-order chi connectivity index (χ1) is 13.5. The van der Waals surface area contributed by atoms with E-state index in [-0.39, 0.29) is 31.2 Å². The van der Waals surface area contributed by atoms with Gasteiger partial charge < -0.3 is 10.2 Å². The molecule has 152 valence electrons. The lowest BCUT2D eigenvalue weighted by Crippen LogP contribution is -2.39. The summed E-state index contributed by atoms with van der Waals surface area (Å²) < 4.78 is 33.9. The lowest BCUT2D eigenvalue weighted by Gasteiger charge is -2.34. The highest BCUT2D eigenvalue weighted by Gasteiger charge is 2.54. The highest BCUT2D eigenvalue weighted by Crippen LogP contribution is 2.55. The molecule has 0 aliphatic heterocycles. The fourth-order valence-corrected chi connectivity index (χ4v) is 5.77. The summed E-state index contributed by atoms with van der Waals surface area (Å²) in [5.74, 6) is -1.44. The third-order valence-corrected chi connectivity index (χ3v) is 6.98. The third kappa shape index (κ3) is 3.54. The fraction of sp³-hybridized carbons (Fsp3) is 0.0526. The van der Waals surface area contributed by atoms with Crippen molar-refractivity contribution in [3.05, 3.63) is 91.4 Å². The zero-order valence-corrected chi connectivity index (χ0v) is 18.1. The molecular weight excluding hydrogens is 482 g/mol. The Labute approximate surface area is 186 Å². The molecule has 29 heavy (non-hydrogen) atoms. The molecule has 10 heteroatoms. The lowest BCUT2D eigenvalue weighted by molar-refractivity contribution is 0.416. The van der Waals surface area contributed by atoms with E-state index in [2.05, 4.69) is 0 Å². The summed E-state index contributed by atoms with van der Waals surface area (Å²) in [5.41, 5.74) is -1.04. The number of halogens is 4. The maximum Gasteiger partial charge on any atom is 0.283 e. The number of benzene rings is 3. The third-order valence-electron chi connectivity index (χ3n) is 4.39. The predicted molar refractivity (Wildman–Crippen MR) is 114 cm³/mol. The van der Waals surface area contributed by atoms with Crippen molar-refractivity contribution in [1.29, 1.82) is 0 Å². The highest BCUT2D eigenvalue weighted by atomic mass is 35.5. The Hall–Kier alpha value is -1.67. The standard InChI is InChI=1S/C19H12Cl4O5S/c20-11-4-1-3-10(9-11)19(29(26,27)28,16-12(21)5-2-6-13(16)22)17-15(24)8-7-14(23)18(17)25/h1-9,24-25H,(H,26,27,28). The van der Waals surface area contributed by atoms with E-state index in [0.29, 0.717) is 0 Å². The van der Waals surface area contributed by atoms with Gasteiger partial charge in [-0.2, -0.15) is 8.42 Å². The Bertz CT molecular complexity index is 1190. The van der Waals surface area contributed by atoms with E-state index in [4.69, 9.17) is 46.4 Å². The molecule has 1 unspecified atom stereocenters. The molecular formula is C19H12Cl4O5S. The summed E-state index contributed by atoms with van der Waals surface area (Å²) in [4.78, 5) is 0. The van der Waals surface area contributed by atoms with E-state index in [1.807, 2.05) is 0 Å². The fourth-order valence-electron chi connectivity index (χ4n) is 3.26. The number of phenols is 2. The van der Waals surface area contributed by atoms with Gasteiger partial charge in [0, 0.05) is 20.6 Å². The molecule has 3 aromatic carbocycles. The Morgan fingerprint density at radius 3 is 1.90 bits per heavy atom. The molecule has 5 nitrogen and oxygen atoms in total. The van der Waals surface area contributed by atoms with Crippen molar-refractivity contribution in [3.8, 4) is 11.5 Å². The zero-order chi connectivity index (χ0) is 21.6. The van der Waals surface area contributed by atoms with E-state index in [1.54, 1.807) is 0 Å². The minimum Gasteiger partial charge on any atom is -0.507 e. The van der Waals surface area contributed by atoms with Crippen LogP contribution in [0.15, 0.2) is 54.6 Å². The van der Waals surface area contributed by atoms with Crippen LogP contribution in [0.3, 0.4) is 0 Å². The molecule has 0 aliphatic carbocycles. The second-order valence-corrected chi connectivity index (χ2v) is 9.27. The largest absolute Gasteiger partial charge is 0.507 e. The molecule has 0 aliphatic rings. The van der Waals surface area contributed by atoms with Crippen molar-refractivity contribution in [2.45, 2.75) is 4.75 Å². The molecule has 3 rings (SSSR count). The maximum absolute atomic E-state index is 13.0. The Morgan fingerprint density at radius 2 is 1.34 bits per heavy atom. The molecule has 3 N–H and O–H groups in total. The van der Waals surface area contributed by atoms with Crippen LogP contribution in [-0.4, -0.2) is 23.2 Å². The molecule has 0 aromatic heterocycles. The smallest absolute Gasteiger partial charge is 0.283 e. The van der Waals surface area contributed by atoms with Crippen LogP contribution in [0, 0.1) is 0 Å². The van der Waals surface area contributed by atoms with Gasteiger partial charge in [-0.25, -0.2) is 0 Å². The molecule has 1 atom stereocenters. The first-order valence-electron chi connectivity index (χ1n) is 7.90. The molecule has 0 spiro atoms. The van der Waals surface area contributed by atoms with E-state index in [9.17, 15) is 23.2 Å². The predicted octanol–water partition coefficient (Wildman–Crippen LogP) is 5.89. The van der Waals surface area contributed by atoms with Crippen molar-refractivity contribution in [3.63, 3.8) is 0 Å². The molecule has 0 fully saturated rings. The molecule has 0 radical (unpaired) electrons. The van der Waals surface area contributed by atoms with Crippen LogP contribution < -0.4 is 0 Å². The summed E-state index contributed by atoms with van der Waals surface area (Å²) in [7, 11) is -5.22. The highest BCUT2D eigenvalue weighted by molar-refractivity contribution is 7.87. The van der Waals surface area contributed by atoms with Gasteiger partial charge in [0.05, 0.1) is 10.6 Å². The van der Waals surface area contributed by atoms with Crippen LogP contribution >= 0.6 is 46.4 Å². The molecule has 3 aromatic rings. The van der Waals surface area contributed by atoms with E-state index < -0.39 is 31.9 Å². The van der Waals surface area contributed by atoms with Gasteiger partial charge in [0.1, 0.15) is 11.5 Å². The molecule has 0 saturated carbocycles. The average molecular weight is 494 g/mol. The molecule has 0 saturated heterocycles. The van der Waals surface area contributed by atoms with E-state index >= 15 is 0 Å². The number of hydrogen-bond acceptors (Lipinski definition) is 4. The Kier molecular flexibility index (Phi) is 5.98. The minimum atomic E-state index is -5.22. The van der Waals surface area contributed by atoms with Gasteiger partial charge in [-0.3, -0.25) is 4.55 Å². The SMILES string of the molecule is O=S(=O)(O)C(c1cccc(Cl)c1)(c1c(Cl)cccc1Cl)c1c(O)ccc(Cl)c1O. The quantitative estimate of drug-likeness (QED) is 0.311. The minimum absolute atomic E-state index is 0.125. The summed E-state index contributed by atoms with van der Waals surface area (Å²) in [6, 6.07) is 11.9. The van der Waals surface area contributed by atoms with Crippen LogP contribution in [0.2, 0.25) is 20.1 Å².